The van der Waals surface area contributed by atoms with E-state index in [-0.39, 0.29) is 11.6 Å². The molecule has 3 heterocycles. The lowest BCUT2D eigenvalue weighted by molar-refractivity contribution is 0.609. The van der Waals surface area contributed by atoms with Gasteiger partial charge in [0.05, 0.1) is 22.6 Å². The number of rotatable bonds is 2. The highest BCUT2D eigenvalue weighted by Crippen LogP contribution is 2.40. The highest BCUT2D eigenvalue weighted by molar-refractivity contribution is 7.15. The second kappa shape index (κ2) is 5.66. The molecule has 0 radical (unpaired) electrons. The summed E-state index contributed by atoms with van der Waals surface area (Å²) < 4.78 is 1.73. The third-order valence-corrected chi connectivity index (χ3v) is 6.59. The summed E-state index contributed by atoms with van der Waals surface area (Å²) in [6, 6.07) is 7.75. The Kier molecular flexibility index (Phi) is 3.41. The summed E-state index contributed by atoms with van der Waals surface area (Å²) >= 11 is 1.83. The second-order valence-electron chi connectivity index (χ2n) is 6.92. The van der Waals surface area contributed by atoms with E-state index in [2.05, 4.69) is 4.90 Å². The molecule has 6 heteroatoms. The van der Waals surface area contributed by atoms with Gasteiger partial charge in [0, 0.05) is 18.5 Å². The van der Waals surface area contributed by atoms with Gasteiger partial charge in [-0.15, -0.1) is 11.3 Å². The highest BCUT2D eigenvalue weighted by atomic mass is 32.1. The Morgan fingerprint density at radius 2 is 2.04 bits per heavy atom. The number of thiazole rings is 1. The molecule has 1 atom stereocenters. The fraction of sp³-hybridized carbons (Fsp3) is 0.421. The first kappa shape index (κ1) is 15.1. The van der Waals surface area contributed by atoms with Gasteiger partial charge in [-0.3, -0.25) is 9.36 Å². The third-order valence-electron chi connectivity index (χ3n) is 5.40. The number of benzene rings is 1. The Balaban J connectivity index is 1.60. The SMILES string of the molecule is Cn1c(C2CCCN2c2nc3c(s2)CCC3)nc2ccccc2c1=O. The zero-order valence-corrected chi connectivity index (χ0v) is 15.1. The van der Waals surface area contributed by atoms with E-state index in [0.717, 1.165) is 48.7 Å². The Morgan fingerprint density at radius 1 is 1.16 bits per heavy atom. The summed E-state index contributed by atoms with van der Waals surface area (Å²) in [5.74, 6) is 0.858. The maximum absolute atomic E-state index is 12.8. The molecular formula is C19H20N4OS. The van der Waals surface area contributed by atoms with Crippen LogP contribution in [-0.4, -0.2) is 21.1 Å². The summed E-state index contributed by atoms with van der Waals surface area (Å²) in [5.41, 5.74) is 2.11. The van der Waals surface area contributed by atoms with Crippen molar-refractivity contribution in [2.24, 2.45) is 7.05 Å². The molecule has 5 rings (SSSR count). The second-order valence-corrected chi connectivity index (χ2v) is 7.98. The van der Waals surface area contributed by atoms with Crippen molar-refractivity contribution in [1.82, 2.24) is 14.5 Å². The van der Waals surface area contributed by atoms with Crippen LogP contribution in [-0.2, 0) is 19.9 Å². The van der Waals surface area contributed by atoms with Crippen LogP contribution in [0.15, 0.2) is 29.1 Å². The average Bonchev–Trinajstić information content (AvgIpc) is 3.32. The van der Waals surface area contributed by atoms with Crippen LogP contribution >= 0.6 is 11.3 Å². The number of aryl methyl sites for hydroxylation is 2. The quantitative estimate of drug-likeness (QED) is 0.711. The van der Waals surface area contributed by atoms with Crippen molar-refractivity contribution in [2.75, 3.05) is 11.4 Å². The number of nitrogens with zero attached hydrogens (tertiary/aromatic N) is 4. The van der Waals surface area contributed by atoms with Crippen LogP contribution in [0.3, 0.4) is 0 Å². The van der Waals surface area contributed by atoms with Crippen molar-refractivity contribution >= 4 is 27.4 Å². The lowest BCUT2D eigenvalue weighted by atomic mass is 10.2. The van der Waals surface area contributed by atoms with E-state index >= 15 is 0 Å². The standard InChI is InChI=1S/C19H20N4OS/c1-22-17(20-13-7-3-2-6-12(13)18(22)24)15-9-5-11-23(15)19-21-14-8-4-10-16(14)25-19/h2-3,6-7,15H,4-5,8-11H2,1H3. The van der Waals surface area contributed by atoms with Gasteiger partial charge in [-0.1, -0.05) is 12.1 Å². The number of hydrogen-bond acceptors (Lipinski definition) is 5. The van der Waals surface area contributed by atoms with Crippen LogP contribution in [0.4, 0.5) is 5.13 Å². The van der Waals surface area contributed by atoms with Crippen molar-refractivity contribution in [3.63, 3.8) is 0 Å². The van der Waals surface area contributed by atoms with E-state index in [4.69, 9.17) is 9.97 Å². The van der Waals surface area contributed by atoms with Gasteiger partial charge in [0.1, 0.15) is 5.82 Å². The van der Waals surface area contributed by atoms with Crippen molar-refractivity contribution in [3.05, 3.63) is 51.0 Å². The van der Waals surface area contributed by atoms with E-state index in [9.17, 15) is 4.79 Å². The van der Waals surface area contributed by atoms with Gasteiger partial charge in [0.2, 0.25) is 0 Å². The molecular weight excluding hydrogens is 332 g/mol. The molecule has 2 aromatic heterocycles. The Bertz CT molecular complexity index is 1000. The largest absolute Gasteiger partial charge is 0.338 e. The summed E-state index contributed by atoms with van der Waals surface area (Å²) in [6.45, 7) is 0.986. The molecule has 0 N–H and O–H groups in total. The smallest absolute Gasteiger partial charge is 0.261 e. The molecule has 3 aromatic rings. The first-order chi connectivity index (χ1) is 12.2. The minimum atomic E-state index is 0.0362. The number of para-hydroxylation sites is 1. The predicted octanol–water partition coefficient (Wildman–Crippen LogP) is 3.22. The lowest BCUT2D eigenvalue weighted by Gasteiger charge is -2.25. The van der Waals surface area contributed by atoms with Crippen molar-refractivity contribution in [3.8, 4) is 0 Å². The van der Waals surface area contributed by atoms with Gasteiger partial charge >= 0.3 is 0 Å². The summed E-state index contributed by atoms with van der Waals surface area (Å²) in [7, 11) is 1.84. The van der Waals surface area contributed by atoms with Gasteiger partial charge in [0.15, 0.2) is 5.13 Å². The van der Waals surface area contributed by atoms with Crippen LogP contribution in [0.1, 0.15) is 41.7 Å². The topological polar surface area (TPSA) is 51.0 Å². The number of aromatic nitrogens is 3. The third kappa shape index (κ3) is 2.31. The van der Waals surface area contributed by atoms with Gasteiger partial charge < -0.3 is 4.90 Å². The summed E-state index contributed by atoms with van der Waals surface area (Å²) in [5, 5.41) is 1.79. The number of anilines is 1. The summed E-state index contributed by atoms with van der Waals surface area (Å²) in [6.07, 6.45) is 5.63. The van der Waals surface area contributed by atoms with Crippen LogP contribution in [0.5, 0.6) is 0 Å². The van der Waals surface area contributed by atoms with E-state index in [1.54, 1.807) is 4.57 Å². The lowest BCUT2D eigenvalue weighted by Crippen LogP contribution is -2.30. The van der Waals surface area contributed by atoms with E-state index in [1.165, 1.54) is 17.0 Å². The van der Waals surface area contributed by atoms with Crippen molar-refractivity contribution < 1.29 is 0 Å². The van der Waals surface area contributed by atoms with E-state index < -0.39 is 0 Å². The normalized spacial score (nSPS) is 19.7. The molecule has 0 amide bonds. The average molecular weight is 352 g/mol. The molecule has 1 fully saturated rings. The van der Waals surface area contributed by atoms with Crippen LogP contribution in [0.25, 0.3) is 10.9 Å². The Labute approximate surface area is 150 Å². The molecule has 1 aromatic carbocycles. The molecule has 0 saturated carbocycles. The molecule has 5 nitrogen and oxygen atoms in total. The molecule has 1 aliphatic carbocycles. The minimum Gasteiger partial charge on any atom is -0.338 e. The number of fused-ring (bicyclic) bond motifs is 2. The molecule has 25 heavy (non-hydrogen) atoms. The Morgan fingerprint density at radius 3 is 2.92 bits per heavy atom. The zero-order chi connectivity index (χ0) is 17.0. The highest BCUT2D eigenvalue weighted by Gasteiger charge is 2.32. The fourth-order valence-electron chi connectivity index (χ4n) is 4.10. The maximum atomic E-state index is 12.8. The predicted molar refractivity (Wildman–Crippen MR) is 100 cm³/mol. The molecule has 1 saturated heterocycles. The maximum Gasteiger partial charge on any atom is 0.261 e. The van der Waals surface area contributed by atoms with E-state index in [1.807, 2.05) is 42.6 Å². The fourth-order valence-corrected chi connectivity index (χ4v) is 5.32. The number of hydrogen-bond donors (Lipinski definition) is 0. The van der Waals surface area contributed by atoms with Gasteiger partial charge in [-0.05, 0) is 44.2 Å². The molecule has 0 bridgehead atoms. The molecule has 1 aliphatic heterocycles. The van der Waals surface area contributed by atoms with Crippen molar-refractivity contribution in [2.45, 2.75) is 38.1 Å². The van der Waals surface area contributed by atoms with Crippen LogP contribution < -0.4 is 10.5 Å². The van der Waals surface area contributed by atoms with Crippen molar-refractivity contribution in [1.29, 1.82) is 0 Å². The molecule has 2 aliphatic rings. The minimum absolute atomic E-state index is 0.0362. The molecule has 1 unspecified atom stereocenters. The first-order valence-electron chi connectivity index (χ1n) is 8.93. The molecule has 128 valence electrons. The Hall–Kier alpha value is -2.21. The van der Waals surface area contributed by atoms with Gasteiger partial charge in [0.25, 0.3) is 5.56 Å². The van der Waals surface area contributed by atoms with Crippen LogP contribution in [0, 0.1) is 0 Å². The van der Waals surface area contributed by atoms with Gasteiger partial charge in [-0.2, -0.15) is 0 Å². The van der Waals surface area contributed by atoms with Gasteiger partial charge in [-0.25, -0.2) is 9.97 Å². The van der Waals surface area contributed by atoms with Crippen LogP contribution in [0.2, 0.25) is 0 Å². The zero-order valence-electron chi connectivity index (χ0n) is 14.2. The monoisotopic (exact) mass is 352 g/mol. The molecule has 0 spiro atoms. The first-order valence-corrected chi connectivity index (χ1v) is 9.75. The summed E-state index contributed by atoms with van der Waals surface area (Å²) in [4.78, 5) is 26.3. The van der Waals surface area contributed by atoms with E-state index in [0.29, 0.717) is 5.39 Å².